The van der Waals surface area contributed by atoms with Crippen LogP contribution in [0.5, 0.6) is 0 Å². The summed E-state index contributed by atoms with van der Waals surface area (Å²) < 4.78 is 13.4. The van der Waals surface area contributed by atoms with Gasteiger partial charge in [-0.2, -0.15) is 0 Å². The highest BCUT2D eigenvalue weighted by molar-refractivity contribution is 6.44. The molecule has 0 atom stereocenters. The van der Waals surface area contributed by atoms with Gasteiger partial charge in [-0.3, -0.25) is 9.59 Å². The minimum Gasteiger partial charge on any atom is -0.360 e. The average Bonchev–Trinajstić information content (AvgIpc) is 2.97. The molecule has 1 heterocycles. The first-order chi connectivity index (χ1) is 11.1. The number of amides is 1. The average molecular weight is 310 g/mol. The predicted octanol–water partition coefficient (Wildman–Crippen LogP) is 3.15. The summed E-state index contributed by atoms with van der Waals surface area (Å²) in [6.07, 6.45) is 1.45. The zero-order valence-electron chi connectivity index (χ0n) is 12.5. The number of ketones is 1. The molecule has 116 valence electrons. The van der Waals surface area contributed by atoms with Crippen LogP contribution in [0.3, 0.4) is 0 Å². The summed E-state index contributed by atoms with van der Waals surface area (Å²) in [5.41, 5.74) is 1.73. The molecule has 1 N–H and O–H groups in total. The molecule has 0 aliphatic rings. The van der Waals surface area contributed by atoms with E-state index in [0.717, 1.165) is 5.56 Å². The number of H-pyrrole nitrogens is 1. The number of nitrogens with one attached hydrogen (secondary N) is 1. The molecular weight excluding hydrogens is 295 g/mol. The Labute approximate surface area is 132 Å². The lowest BCUT2D eigenvalue weighted by Crippen LogP contribution is -2.32. The number of nitrogens with zero attached hydrogens (tertiary/aromatic N) is 1. The fourth-order valence-electron chi connectivity index (χ4n) is 2.50. The number of benzene rings is 2. The molecular formula is C18H15FN2O2. The summed E-state index contributed by atoms with van der Waals surface area (Å²) >= 11 is 0. The molecule has 3 aromatic rings. The van der Waals surface area contributed by atoms with E-state index >= 15 is 0 Å². The van der Waals surface area contributed by atoms with Gasteiger partial charge < -0.3 is 9.88 Å². The Kier molecular flexibility index (Phi) is 3.93. The number of hydrogen-bond acceptors (Lipinski definition) is 2. The Morgan fingerprint density at radius 3 is 2.61 bits per heavy atom. The van der Waals surface area contributed by atoms with Gasteiger partial charge in [-0.1, -0.05) is 30.3 Å². The lowest BCUT2D eigenvalue weighted by molar-refractivity contribution is -0.125. The highest BCUT2D eigenvalue weighted by atomic mass is 19.1. The van der Waals surface area contributed by atoms with Crippen molar-refractivity contribution in [3.05, 3.63) is 71.7 Å². The van der Waals surface area contributed by atoms with E-state index < -0.39 is 17.5 Å². The van der Waals surface area contributed by atoms with E-state index in [2.05, 4.69) is 4.98 Å². The highest BCUT2D eigenvalue weighted by Gasteiger charge is 2.23. The van der Waals surface area contributed by atoms with Crippen LogP contribution in [0.1, 0.15) is 15.9 Å². The van der Waals surface area contributed by atoms with Crippen LogP contribution < -0.4 is 0 Å². The summed E-state index contributed by atoms with van der Waals surface area (Å²) in [4.78, 5) is 29.0. The first kappa shape index (κ1) is 15.0. The molecule has 1 aromatic heterocycles. The van der Waals surface area contributed by atoms with Gasteiger partial charge in [0.1, 0.15) is 5.82 Å². The molecule has 2 aromatic carbocycles. The van der Waals surface area contributed by atoms with E-state index in [9.17, 15) is 14.0 Å². The predicted molar refractivity (Wildman–Crippen MR) is 85.5 cm³/mol. The van der Waals surface area contributed by atoms with Crippen molar-refractivity contribution in [2.75, 3.05) is 7.05 Å². The molecule has 0 unspecified atom stereocenters. The first-order valence-electron chi connectivity index (χ1n) is 7.16. The third-order valence-corrected chi connectivity index (χ3v) is 3.69. The van der Waals surface area contributed by atoms with Crippen molar-refractivity contribution in [2.45, 2.75) is 6.54 Å². The lowest BCUT2D eigenvalue weighted by atomic mass is 10.1. The van der Waals surface area contributed by atoms with Crippen molar-refractivity contribution < 1.29 is 14.0 Å². The van der Waals surface area contributed by atoms with Crippen molar-refractivity contribution >= 4 is 22.6 Å². The third kappa shape index (κ3) is 2.99. The molecule has 0 aliphatic heterocycles. The smallest absolute Gasteiger partial charge is 0.295 e. The number of aromatic amines is 1. The van der Waals surface area contributed by atoms with Crippen molar-refractivity contribution in [1.29, 1.82) is 0 Å². The quantitative estimate of drug-likeness (QED) is 0.594. The van der Waals surface area contributed by atoms with Crippen molar-refractivity contribution in [2.24, 2.45) is 0 Å². The SMILES string of the molecule is CN(Cc1ccccc1)C(=O)C(=O)c1c[nH]c2ccc(F)cc12. The fraction of sp³-hybridized carbons (Fsp3) is 0.111. The zero-order valence-corrected chi connectivity index (χ0v) is 12.5. The zero-order chi connectivity index (χ0) is 16.4. The molecule has 4 nitrogen and oxygen atoms in total. The number of halogens is 1. The minimum atomic E-state index is -0.653. The van der Waals surface area contributed by atoms with Crippen LogP contribution in [0.25, 0.3) is 10.9 Å². The van der Waals surface area contributed by atoms with Gasteiger partial charge in [-0.05, 0) is 23.8 Å². The molecule has 0 aliphatic carbocycles. The maximum absolute atomic E-state index is 13.4. The van der Waals surface area contributed by atoms with Gasteiger partial charge in [0.05, 0.1) is 5.56 Å². The van der Waals surface area contributed by atoms with E-state index in [4.69, 9.17) is 0 Å². The summed E-state index contributed by atoms with van der Waals surface area (Å²) in [5.74, 6) is -1.73. The minimum absolute atomic E-state index is 0.185. The maximum Gasteiger partial charge on any atom is 0.295 e. The van der Waals surface area contributed by atoms with E-state index in [1.807, 2.05) is 30.3 Å². The molecule has 3 rings (SSSR count). The number of rotatable bonds is 4. The molecule has 0 saturated carbocycles. The van der Waals surface area contributed by atoms with Crippen molar-refractivity contribution in [3.63, 3.8) is 0 Å². The van der Waals surface area contributed by atoms with E-state index in [-0.39, 0.29) is 5.56 Å². The summed E-state index contributed by atoms with van der Waals surface area (Å²) in [5, 5.41) is 0.413. The molecule has 0 saturated heterocycles. The van der Waals surface area contributed by atoms with Crippen LogP contribution in [0.4, 0.5) is 4.39 Å². The van der Waals surface area contributed by atoms with Crippen molar-refractivity contribution in [1.82, 2.24) is 9.88 Å². The number of carbonyl (C=O) groups excluding carboxylic acids is 2. The van der Waals surface area contributed by atoms with Gasteiger partial charge in [0.15, 0.2) is 0 Å². The molecule has 0 spiro atoms. The second-order valence-electron chi connectivity index (χ2n) is 5.37. The summed E-state index contributed by atoms with van der Waals surface area (Å²) in [6, 6.07) is 13.5. The largest absolute Gasteiger partial charge is 0.360 e. The number of carbonyl (C=O) groups is 2. The Hall–Kier alpha value is -2.95. The molecule has 0 radical (unpaired) electrons. The molecule has 23 heavy (non-hydrogen) atoms. The Morgan fingerprint density at radius 2 is 1.87 bits per heavy atom. The van der Waals surface area contributed by atoms with Gasteiger partial charge in [0.25, 0.3) is 11.7 Å². The second-order valence-corrected chi connectivity index (χ2v) is 5.37. The maximum atomic E-state index is 13.4. The standard InChI is InChI=1S/C18H15FN2O2/c1-21(11-12-5-3-2-4-6-12)18(23)17(22)15-10-20-16-8-7-13(19)9-14(15)16/h2-10,20H,11H2,1H3. The van der Waals surface area contributed by atoms with Crippen LogP contribution in [0.15, 0.2) is 54.7 Å². The van der Waals surface area contributed by atoms with Crippen LogP contribution in [-0.2, 0) is 11.3 Å². The monoisotopic (exact) mass is 310 g/mol. The Bertz CT molecular complexity index is 871. The normalized spacial score (nSPS) is 10.7. The molecule has 0 bridgehead atoms. The number of likely N-dealkylation sites (N-methyl/N-ethyl adjacent to an activating group) is 1. The Balaban J connectivity index is 1.83. The molecule has 5 heteroatoms. The third-order valence-electron chi connectivity index (χ3n) is 3.69. The first-order valence-corrected chi connectivity index (χ1v) is 7.16. The Morgan fingerprint density at radius 1 is 1.13 bits per heavy atom. The van der Waals surface area contributed by atoms with Crippen LogP contribution in [0, 0.1) is 5.82 Å². The molecule has 1 amide bonds. The van der Waals surface area contributed by atoms with Gasteiger partial charge >= 0.3 is 0 Å². The fourth-order valence-corrected chi connectivity index (χ4v) is 2.50. The summed E-state index contributed by atoms with van der Waals surface area (Å²) in [6.45, 7) is 0.335. The van der Waals surface area contributed by atoms with Crippen molar-refractivity contribution in [3.8, 4) is 0 Å². The number of Topliss-reactive ketones (excluding diaryl/α,β-unsaturated/α-hetero) is 1. The second kappa shape index (κ2) is 6.04. The van der Waals surface area contributed by atoms with E-state index in [0.29, 0.717) is 17.4 Å². The number of fused-ring (bicyclic) bond motifs is 1. The topological polar surface area (TPSA) is 53.2 Å². The van der Waals surface area contributed by atoms with Crippen LogP contribution in [-0.4, -0.2) is 28.6 Å². The summed E-state index contributed by atoms with van der Waals surface area (Å²) in [7, 11) is 1.57. The number of hydrogen-bond donors (Lipinski definition) is 1. The highest BCUT2D eigenvalue weighted by Crippen LogP contribution is 2.20. The van der Waals surface area contributed by atoms with E-state index in [1.165, 1.54) is 23.2 Å². The van der Waals surface area contributed by atoms with Gasteiger partial charge in [0, 0.05) is 30.7 Å². The molecule has 0 fully saturated rings. The van der Waals surface area contributed by atoms with Gasteiger partial charge in [0.2, 0.25) is 0 Å². The van der Waals surface area contributed by atoms with Crippen LogP contribution in [0.2, 0.25) is 0 Å². The van der Waals surface area contributed by atoms with Gasteiger partial charge in [-0.15, -0.1) is 0 Å². The van der Waals surface area contributed by atoms with Gasteiger partial charge in [-0.25, -0.2) is 4.39 Å². The lowest BCUT2D eigenvalue weighted by Gasteiger charge is -2.16. The number of aromatic nitrogens is 1. The van der Waals surface area contributed by atoms with E-state index in [1.54, 1.807) is 13.1 Å². The van der Waals surface area contributed by atoms with Crippen LogP contribution >= 0.6 is 0 Å².